The molecule has 0 atom stereocenters. The Bertz CT molecular complexity index is 374. The van der Waals surface area contributed by atoms with Gasteiger partial charge in [0, 0.05) is 19.7 Å². The van der Waals surface area contributed by atoms with Crippen LogP contribution in [0.2, 0.25) is 0 Å². The first-order chi connectivity index (χ1) is 9.00. The van der Waals surface area contributed by atoms with Crippen LogP contribution in [0.25, 0.3) is 0 Å². The van der Waals surface area contributed by atoms with Gasteiger partial charge in [-0.2, -0.15) is 0 Å². The second-order valence-electron chi connectivity index (χ2n) is 4.88. The number of ether oxygens (including phenoxy) is 1. The predicted octanol–water partition coefficient (Wildman–Crippen LogP) is 4.07. The minimum absolute atomic E-state index is 0.237. The van der Waals surface area contributed by atoms with E-state index < -0.39 is 0 Å². The van der Waals surface area contributed by atoms with Gasteiger partial charge in [0.25, 0.3) is 0 Å². The van der Waals surface area contributed by atoms with Gasteiger partial charge in [-0.1, -0.05) is 13.8 Å². The molecule has 0 aliphatic carbocycles. The van der Waals surface area contributed by atoms with E-state index in [2.05, 4.69) is 51.0 Å². The molecule has 3 nitrogen and oxygen atoms in total. The van der Waals surface area contributed by atoms with E-state index in [1.807, 2.05) is 12.1 Å². The van der Waals surface area contributed by atoms with E-state index in [0.717, 1.165) is 38.3 Å². The van der Waals surface area contributed by atoms with Crippen molar-refractivity contribution < 1.29 is 9.84 Å². The fraction of sp³-hybridized carbons (Fsp3) is 0.571. The molecule has 108 valence electrons. The maximum atomic E-state index is 9.61. The minimum Gasteiger partial charge on any atom is -0.506 e. The molecular formula is C14H21Br2NO2. The van der Waals surface area contributed by atoms with Crippen molar-refractivity contribution in [3.05, 3.63) is 26.6 Å². The van der Waals surface area contributed by atoms with Crippen LogP contribution in [-0.4, -0.2) is 24.9 Å². The predicted molar refractivity (Wildman–Crippen MR) is 85.5 cm³/mol. The SMILES string of the molecule is CC(C)CCOCCNCc1cc(Br)c(O)c(Br)c1. The van der Waals surface area contributed by atoms with Gasteiger partial charge in [0.2, 0.25) is 0 Å². The molecule has 0 fully saturated rings. The quantitative estimate of drug-likeness (QED) is 0.653. The summed E-state index contributed by atoms with van der Waals surface area (Å²) in [4.78, 5) is 0. The van der Waals surface area contributed by atoms with Crippen molar-refractivity contribution in [3.63, 3.8) is 0 Å². The van der Waals surface area contributed by atoms with E-state index in [1.165, 1.54) is 0 Å². The number of rotatable bonds is 8. The van der Waals surface area contributed by atoms with Crippen LogP contribution in [0.15, 0.2) is 21.1 Å². The monoisotopic (exact) mass is 393 g/mol. The molecule has 0 saturated carbocycles. The molecule has 1 rings (SSSR count). The standard InChI is InChI=1S/C14H21Br2NO2/c1-10(2)3-5-19-6-4-17-9-11-7-12(15)14(18)13(16)8-11/h7-8,10,17-18H,3-6,9H2,1-2H3. The van der Waals surface area contributed by atoms with Gasteiger partial charge < -0.3 is 15.2 Å². The average molecular weight is 395 g/mol. The lowest BCUT2D eigenvalue weighted by molar-refractivity contribution is 0.125. The second-order valence-corrected chi connectivity index (χ2v) is 6.59. The Labute approximate surface area is 132 Å². The molecule has 0 aliphatic heterocycles. The Kier molecular flexibility index (Phi) is 7.99. The second kappa shape index (κ2) is 8.95. The highest BCUT2D eigenvalue weighted by Crippen LogP contribution is 2.33. The first kappa shape index (κ1) is 17.0. The first-order valence-electron chi connectivity index (χ1n) is 6.46. The van der Waals surface area contributed by atoms with E-state index in [4.69, 9.17) is 4.74 Å². The molecule has 0 unspecified atom stereocenters. The van der Waals surface area contributed by atoms with Crippen LogP contribution in [0.4, 0.5) is 0 Å². The molecule has 0 heterocycles. The van der Waals surface area contributed by atoms with Crippen LogP contribution >= 0.6 is 31.9 Å². The number of hydrogen-bond donors (Lipinski definition) is 2. The Morgan fingerprint density at radius 2 is 1.84 bits per heavy atom. The summed E-state index contributed by atoms with van der Waals surface area (Å²) in [5, 5.41) is 12.9. The van der Waals surface area contributed by atoms with Gasteiger partial charge in [0.05, 0.1) is 15.6 Å². The number of aromatic hydroxyl groups is 1. The van der Waals surface area contributed by atoms with Crippen LogP contribution in [0.1, 0.15) is 25.8 Å². The lowest BCUT2D eigenvalue weighted by Gasteiger charge is -2.09. The Hall–Kier alpha value is -0.100. The van der Waals surface area contributed by atoms with E-state index >= 15 is 0 Å². The van der Waals surface area contributed by atoms with Crippen molar-refractivity contribution in [3.8, 4) is 5.75 Å². The van der Waals surface area contributed by atoms with Gasteiger partial charge in [-0.3, -0.25) is 0 Å². The molecule has 0 radical (unpaired) electrons. The smallest absolute Gasteiger partial charge is 0.143 e. The number of phenols is 1. The third-order valence-electron chi connectivity index (χ3n) is 2.67. The van der Waals surface area contributed by atoms with E-state index in [-0.39, 0.29) is 5.75 Å². The lowest BCUT2D eigenvalue weighted by atomic mass is 10.1. The van der Waals surface area contributed by atoms with Crippen molar-refractivity contribution in [1.82, 2.24) is 5.32 Å². The summed E-state index contributed by atoms with van der Waals surface area (Å²) >= 11 is 6.64. The van der Waals surface area contributed by atoms with Gasteiger partial charge in [-0.25, -0.2) is 0 Å². The number of halogens is 2. The number of phenolic OH excluding ortho intramolecular Hbond substituents is 1. The maximum absolute atomic E-state index is 9.61. The molecule has 0 amide bonds. The van der Waals surface area contributed by atoms with E-state index in [1.54, 1.807) is 0 Å². The van der Waals surface area contributed by atoms with Crippen molar-refractivity contribution >= 4 is 31.9 Å². The van der Waals surface area contributed by atoms with Crippen LogP contribution < -0.4 is 5.32 Å². The zero-order valence-corrected chi connectivity index (χ0v) is 14.6. The molecule has 5 heteroatoms. The van der Waals surface area contributed by atoms with Gasteiger partial charge in [-0.05, 0) is 61.9 Å². The molecule has 0 bridgehead atoms. The van der Waals surface area contributed by atoms with Gasteiger partial charge >= 0.3 is 0 Å². The number of hydrogen-bond acceptors (Lipinski definition) is 3. The van der Waals surface area contributed by atoms with E-state index in [9.17, 15) is 5.11 Å². The molecule has 0 saturated heterocycles. The van der Waals surface area contributed by atoms with Gasteiger partial charge in [0.1, 0.15) is 5.75 Å². The van der Waals surface area contributed by atoms with Crippen molar-refractivity contribution in [2.24, 2.45) is 5.92 Å². The fourth-order valence-corrected chi connectivity index (χ4v) is 2.80. The highest BCUT2D eigenvalue weighted by Gasteiger charge is 2.05. The average Bonchev–Trinajstić information content (AvgIpc) is 2.34. The molecule has 1 aromatic carbocycles. The summed E-state index contributed by atoms with van der Waals surface area (Å²) in [7, 11) is 0. The summed E-state index contributed by atoms with van der Waals surface area (Å²) < 4.78 is 6.93. The zero-order chi connectivity index (χ0) is 14.3. The molecular weight excluding hydrogens is 374 g/mol. The largest absolute Gasteiger partial charge is 0.506 e. The number of benzene rings is 1. The van der Waals surface area contributed by atoms with Crippen molar-refractivity contribution in [2.45, 2.75) is 26.8 Å². The summed E-state index contributed by atoms with van der Waals surface area (Å²) in [6.45, 7) is 7.53. The normalized spacial score (nSPS) is 11.2. The highest BCUT2D eigenvalue weighted by molar-refractivity contribution is 9.11. The van der Waals surface area contributed by atoms with E-state index in [0.29, 0.717) is 14.9 Å². The Morgan fingerprint density at radius 3 is 2.42 bits per heavy atom. The molecule has 2 N–H and O–H groups in total. The summed E-state index contributed by atoms with van der Waals surface area (Å²) in [6, 6.07) is 3.82. The van der Waals surface area contributed by atoms with Crippen LogP contribution in [0.5, 0.6) is 5.75 Å². The van der Waals surface area contributed by atoms with Crippen molar-refractivity contribution in [2.75, 3.05) is 19.8 Å². The minimum atomic E-state index is 0.237. The zero-order valence-electron chi connectivity index (χ0n) is 11.4. The summed E-state index contributed by atoms with van der Waals surface area (Å²) in [5.74, 6) is 0.931. The molecule has 0 aromatic heterocycles. The molecule has 0 aliphatic rings. The third-order valence-corrected chi connectivity index (χ3v) is 3.88. The first-order valence-corrected chi connectivity index (χ1v) is 8.04. The van der Waals surface area contributed by atoms with Crippen molar-refractivity contribution in [1.29, 1.82) is 0 Å². The third kappa shape index (κ3) is 6.75. The number of nitrogens with one attached hydrogen (secondary N) is 1. The molecule has 0 spiro atoms. The Morgan fingerprint density at radius 1 is 1.21 bits per heavy atom. The fourth-order valence-electron chi connectivity index (χ4n) is 1.52. The summed E-state index contributed by atoms with van der Waals surface area (Å²) in [6.07, 6.45) is 1.11. The lowest BCUT2D eigenvalue weighted by Crippen LogP contribution is -2.19. The molecule has 1 aromatic rings. The Balaban J connectivity index is 2.19. The van der Waals surface area contributed by atoms with Crippen LogP contribution in [0.3, 0.4) is 0 Å². The summed E-state index contributed by atoms with van der Waals surface area (Å²) in [5.41, 5.74) is 1.11. The maximum Gasteiger partial charge on any atom is 0.143 e. The highest BCUT2D eigenvalue weighted by atomic mass is 79.9. The van der Waals surface area contributed by atoms with Crippen LogP contribution in [0, 0.1) is 5.92 Å². The van der Waals surface area contributed by atoms with Gasteiger partial charge in [-0.15, -0.1) is 0 Å². The molecule has 19 heavy (non-hydrogen) atoms. The van der Waals surface area contributed by atoms with Gasteiger partial charge in [0.15, 0.2) is 0 Å². The topological polar surface area (TPSA) is 41.5 Å². The van der Waals surface area contributed by atoms with Crippen LogP contribution in [-0.2, 0) is 11.3 Å².